The molecule has 158 valence electrons. The highest BCUT2D eigenvalue weighted by molar-refractivity contribution is 6.15. The maximum absolute atomic E-state index is 13.0. The van der Waals surface area contributed by atoms with Gasteiger partial charge in [-0.25, -0.2) is 0 Å². The lowest BCUT2D eigenvalue weighted by molar-refractivity contribution is 0.0643. The number of amides is 1. The maximum atomic E-state index is 13.0. The molecule has 1 fully saturated rings. The molecule has 1 N–H and O–H groups in total. The van der Waals surface area contributed by atoms with Gasteiger partial charge in [-0.1, -0.05) is 36.4 Å². The molecule has 2 heterocycles. The minimum Gasteiger partial charge on any atom is -0.334 e. The van der Waals surface area contributed by atoms with Gasteiger partial charge in [0.05, 0.1) is 11.8 Å². The Hall–Kier alpha value is -2.46. The molecule has 4 rings (SSSR count). The van der Waals surface area contributed by atoms with Crippen LogP contribution in [0.2, 0.25) is 0 Å². The fourth-order valence-electron chi connectivity index (χ4n) is 5.17. The van der Waals surface area contributed by atoms with Crippen LogP contribution >= 0.6 is 0 Å². The van der Waals surface area contributed by atoms with Gasteiger partial charge in [0, 0.05) is 40.7 Å². The standard InChI is InChI=1S/C26H33N3O/c1-16(2)29(17(3)4)26(30)20-12-10-19(11-13-20)25-22-9-7-6-8-21(22)24-18(5)27-15-14-23(24)28-25/h6-13,16-18,23-24,27H,14-15H2,1-5H3. The number of carbonyl (C=O) groups excluding carboxylic acids is 1. The Morgan fingerprint density at radius 2 is 1.70 bits per heavy atom. The van der Waals surface area contributed by atoms with Crippen LogP contribution in [0.1, 0.15) is 74.0 Å². The van der Waals surface area contributed by atoms with E-state index in [2.05, 4.69) is 76.3 Å². The van der Waals surface area contributed by atoms with E-state index in [0.717, 1.165) is 29.8 Å². The molecule has 0 aromatic heterocycles. The van der Waals surface area contributed by atoms with Gasteiger partial charge in [0.2, 0.25) is 0 Å². The molecule has 4 nitrogen and oxygen atoms in total. The van der Waals surface area contributed by atoms with Crippen LogP contribution in [0.15, 0.2) is 53.5 Å². The number of nitrogens with zero attached hydrogens (tertiary/aromatic N) is 2. The van der Waals surface area contributed by atoms with Crippen molar-refractivity contribution >= 4 is 11.6 Å². The molecule has 3 unspecified atom stereocenters. The summed E-state index contributed by atoms with van der Waals surface area (Å²) in [7, 11) is 0. The summed E-state index contributed by atoms with van der Waals surface area (Å²) in [6, 6.07) is 17.8. The fraction of sp³-hybridized carbons (Fsp3) is 0.462. The van der Waals surface area contributed by atoms with Gasteiger partial charge in [0.25, 0.3) is 5.91 Å². The first kappa shape index (κ1) is 20.8. The van der Waals surface area contributed by atoms with Crippen LogP contribution in [0.25, 0.3) is 0 Å². The summed E-state index contributed by atoms with van der Waals surface area (Å²) in [6.07, 6.45) is 1.06. The van der Waals surface area contributed by atoms with Crippen LogP contribution in [-0.4, -0.2) is 47.2 Å². The first-order valence-electron chi connectivity index (χ1n) is 11.2. The summed E-state index contributed by atoms with van der Waals surface area (Å²) in [5, 5.41) is 3.61. The molecule has 1 saturated heterocycles. The monoisotopic (exact) mass is 403 g/mol. The van der Waals surface area contributed by atoms with Gasteiger partial charge >= 0.3 is 0 Å². The molecule has 30 heavy (non-hydrogen) atoms. The summed E-state index contributed by atoms with van der Waals surface area (Å²) < 4.78 is 0. The third-order valence-corrected chi connectivity index (χ3v) is 6.48. The normalized spacial score (nSPS) is 23.0. The highest BCUT2D eigenvalue weighted by Gasteiger charge is 2.37. The van der Waals surface area contributed by atoms with E-state index in [0.29, 0.717) is 18.0 Å². The van der Waals surface area contributed by atoms with E-state index in [9.17, 15) is 4.79 Å². The Bertz CT molecular complexity index is 937. The van der Waals surface area contributed by atoms with Gasteiger partial charge in [0.1, 0.15) is 0 Å². The molecule has 3 atom stereocenters. The van der Waals surface area contributed by atoms with Crippen molar-refractivity contribution in [3.63, 3.8) is 0 Å². The third-order valence-electron chi connectivity index (χ3n) is 6.48. The summed E-state index contributed by atoms with van der Waals surface area (Å²) >= 11 is 0. The molecule has 2 aromatic rings. The smallest absolute Gasteiger partial charge is 0.254 e. The second kappa shape index (κ2) is 8.35. The topological polar surface area (TPSA) is 44.7 Å². The zero-order valence-electron chi connectivity index (χ0n) is 18.7. The zero-order chi connectivity index (χ0) is 21.4. The predicted octanol–water partition coefficient (Wildman–Crippen LogP) is 4.63. The number of aliphatic imine (C=N–C) groups is 1. The van der Waals surface area contributed by atoms with Crippen LogP contribution in [0.5, 0.6) is 0 Å². The van der Waals surface area contributed by atoms with Gasteiger partial charge in [-0.3, -0.25) is 9.79 Å². The second-order valence-corrected chi connectivity index (χ2v) is 9.17. The maximum Gasteiger partial charge on any atom is 0.254 e. The molecule has 0 spiro atoms. The van der Waals surface area contributed by atoms with Gasteiger partial charge in [-0.15, -0.1) is 0 Å². The summed E-state index contributed by atoms with van der Waals surface area (Å²) in [5.74, 6) is 0.509. The lowest BCUT2D eigenvalue weighted by atomic mass is 9.76. The average molecular weight is 404 g/mol. The van der Waals surface area contributed by atoms with Gasteiger partial charge in [-0.2, -0.15) is 0 Å². The van der Waals surface area contributed by atoms with E-state index in [1.54, 1.807) is 0 Å². The van der Waals surface area contributed by atoms with Crippen molar-refractivity contribution in [3.05, 3.63) is 70.8 Å². The van der Waals surface area contributed by atoms with Crippen LogP contribution in [0.4, 0.5) is 0 Å². The van der Waals surface area contributed by atoms with Crippen molar-refractivity contribution in [2.75, 3.05) is 6.54 Å². The van der Waals surface area contributed by atoms with Crippen LogP contribution in [-0.2, 0) is 0 Å². The summed E-state index contributed by atoms with van der Waals surface area (Å²) in [6.45, 7) is 11.5. The van der Waals surface area contributed by atoms with E-state index in [1.807, 2.05) is 17.0 Å². The minimum absolute atomic E-state index is 0.0878. The number of benzene rings is 2. The number of fused-ring (bicyclic) bond motifs is 3. The zero-order valence-corrected chi connectivity index (χ0v) is 18.7. The molecule has 2 aliphatic heterocycles. The summed E-state index contributed by atoms with van der Waals surface area (Å²) in [4.78, 5) is 20.2. The SMILES string of the molecule is CC1NCCC2N=C(c3ccc(C(=O)N(C(C)C)C(C)C)cc3)c3ccccc3C21. The van der Waals surface area contributed by atoms with Crippen molar-refractivity contribution in [1.82, 2.24) is 10.2 Å². The first-order valence-corrected chi connectivity index (χ1v) is 11.2. The molecular formula is C26H33N3O. The number of carbonyl (C=O) groups is 1. The van der Waals surface area contributed by atoms with Gasteiger partial charge < -0.3 is 10.2 Å². The molecule has 0 saturated carbocycles. The Kier molecular flexibility index (Phi) is 5.79. The van der Waals surface area contributed by atoms with E-state index >= 15 is 0 Å². The number of hydrogen-bond acceptors (Lipinski definition) is 3. The Labute approximate surface area is 180 Å². The average Bonchev–Trinajstić information content (AvgIpc) is 2.72. The van der Waals surface area contributed by atoms with Crippen molar-refractivity contribution in [3.8, 4) is 0 Å². The number of piperidine rings is 1. The van der Waals surface area contributed by atoms with Crippen LogP contribution in [0.3, 0.4) is 0 Å². The van der Waals surface area contributed by atoms with Crippen molar-refractivity contribution in [2.24, 2.45) is 4.99 Å². The van der Waals surface area contributed by atoms with Crippen LogP contribution in [0, 0.1) is 0 Å². The van der Waals surface area contributed by atoms with E-state index in [1.165, 1.54) is 11.1 Å². The minimum atomic E-state index is 0.0878. The molecule has 0 bridgehead atoms. The predicted molar refractivity (Wildman–Crippen MR) is 124 cm³/mol. The Morgan fingerprint density at radius 3 is 2.37 bits per heavy atom. The quantitative estimate of drug-likeness (QED) is 0.809. The summed E-state index contributed by atoms with van der Waals surface area (Å²) in [5.41, 5.74) is 5.49. The molecule has 0 aliphatic carbocycles. The largest absolute Gasteiger partial charge is 0.334 e. The molecule has 2 aliphatic rings. The molecule has 1 amide bonds. The van der Waals surface area contributed by atoms with Gasteiger partial charge in [-0.05, 0) is 65.3 Å². The fourth-order valence-corrected chi connectivity index (χ4v) is 5.17. The second-order valence-electron chi connectivity index (χ2n) is 9.17. The molecule has 2 aromatic carbocycles. The molecular weight excluding hydrogens is 370 g/mol. The highest BCUT2D eigenvalue weighted by atomic mass is 16.2. The van der Waals surface area contributed by atoms with Crippen LogP contribution < -0.4 is 5.32 Å². The third kappa shape index (κ3) is 3.69. The number of hydrogen-bond donors (Lipinski definition) is 1. The molecule has 0 radical (unpaired) electrons. The Morgan fingerprint density at radius 1 is 1.03 bits per heavy atom. The van der Waals surface area contributed by atoms with E-state index in [4.69, 9.17) is 4.99 Å². The highest BCUT2D eigenvalue weighted by Crippen LogP contribution is 2.38. The van der Waals surface area contributed by atoms with E-state index in [-0.39, 0.29) is 18.0 Å². The lowest BCUT2D eigenvalue weighted by Crippen LogP contribution is -2.47. The number of rotatable bonds is 4. The number of nitrogens with one attached hydrogen (secondary N) is 1. The molecule has 4 heteroatoms. The lowest BCUT2D eigenvalue weighted by Gasteiger charge is -2.40. The van der Waals surface area contributed by atoms with E-state index < -0.39 is 0 Å². The van der Waals surface area contributed by atoms with Gasteiger partial charge in [0.15, 0.2) is 0 Å². The van der Waals surface area contributed by atoms with Crippen molar-refractivity contribution in [2.45, 2.75) is 71.1 Å². The van der Waals surface area contributed by atoms with Crippen molar-refractivity contribution in [1.29, 1.82) is 0 Å². The van der Waals surface area contributed by atoms with Crippen molar-refractivity contribution < 1.29 is 4.79 Å². The first-order chi connectivity index (χ1) is 14.4. The Balaban J connectivity index is 1.68.